The highest BCUT2D eigenvalue weighted by Gasteiger charge is 2.35. The van der Waals surface area contributed by atoms with Crippen LogP contribution in [0.1, 0.15) is 29.3 Å². The molecular formula is C14H16F3NO3S. The number of benzene rings is 1. The summed E-state index contributed by atoms with van der Waals surface area (Å²) in [5, 5.41) is 0. The van der Waals surface area contributed by atoms with Crippen LogP contribution in [0.3, 0.4) is 0 Å². The van der Waals surface area contributed by atoms with E-state index in [-0.39, 0.29) is 23.6 Å². The van der Waals surface area contributed by atoms with Crippen LogP contribution in [-0.4, -0.2) is 43.3 Å². The van der Waals surface area contributed by atoms with Crippen LogP contribution in [0, 0.1) is 0 Å². The van der Waals surface area contributed by atoms with Gasteiger partial charge < -0.3 is 4.90 Å². The first-order valence-electron chi connectivity index (χ1n) is 6.82. The Labute approximate surface area is 126 Å². The summed E-state index contributed by atoms with van der Waals surface area (Å²) in [7, 11) is -3.17. The molecule has 0 bridgehead atoms. The highest BCUT2D eigenvalue weighted by Crippen LogP contribution is 2.30. The van der Waals surface area contributed by atoms with Crippen molar-refractivity contribution in [2.75, 3.05) is 18.1 Å². The van der Waals surface area contributed by atoms with Crippen LogP contribution in [0.25, 0.3) is 0 Å². The Bertz CT molecular complexity index is 670. The Morgan fingerprint density at radius 1 is 1.36 bits per heavy atom. The highest BCUT2D eigenvalue weighted by atomic mass is 32.2. The van der Waals surface area contributed by atoms with Crippen molar-refractivity contribution in [1.29, 1.82) is 0 Å². The third-order valence-electron chi connectivity index (χ3n) is 3.69. The van der Waals surface area contributed by atoms with E-state index >= 15 is 0 Å². The van der Waals surface area contributed by atoms with Crippen LogP contribution in [0.5, 0.6) is 0 Å². The van der Waals surface area contributed by atoms with E-state index in [4.69, 9.17) is 0 Å². The largest absolute Gasteiger partial charge is 0.416 e. The molecule has 0 aliphatic carbocycles. The summed E-state index contributed by atoms with van der Waals surface area (Å²) in [5.41, 5.74) is -0.977. The Hall–Kier alpha value is -1.57. The molecule has 1 aromatic rings. The molecule has 1 heterocycles. The lowest BCUT2D eigenvalue weighted by Gasteiger charge is -2.27. The van der Waals surface area contributed by atoms with E-state index in [9.17, 15) is 26.4 Å². The summed E-state index contributed by atoms with van der Waals surface area (Å²) in [6.45, 7) is 1.92. The highest BCUT2D eigenvalue weighted by molar-refractivity contribution is 7.91. The fraction of sp³-hybridized carbons (Fsp3) is 0.500. The minimum atomic E-state index is -4.52. The van der Waals surface area contributed by atoms with Crippen molar-refractivity contribution in [1.82, 2.24) is 4.90 Å². The van der Waals surface area contributed by atoms with Crippen LogP contribution in [0.15, 0.2) is 24.3 Å². The SMILES string of the molecule is CCN(C(=O)c1cccc(C(F)(F)F)c1)C1CCS(=O)(=O)C1. The molecule has 0 radical (unpaired) electrons. The molecule has 1 unspecified atom stereocenters. The van der Waals surface area contributed by atoms with Crippen LogP contribution in [-0.2, 0) is 16.0 Å². The molecule has 0 saturated carbocycles. The second-order valence-electron chi connectivity index (χ2n) is 5.23. The molecule has 1 fully saturated rings. The summed E-state index contributed by atoms with van der Waals surface area (Å²) < 4.78 is 61.2. The third kappa shape index (κ3) is 3.60. The van der Waals surface area contributed by atoms with Crippen LogP contribution in [0.2, 0.25) is 0 Å². The van der Waals surface area contributed by atoms with E-state index in [2.05, 4.69) is 0 Å². The van der Waals surface area contributed by atoms with Gasteiger partial charge in [0, 0.05) is 18.2 Å². The molecule has 122 valence electrons. The van der Waals surface area contributed by atoms with E-state index in [1.54, 1.807) is 6.92 Å². The molecule has 2 rings (SSSR count). The predicted molar refractivity (Wildman–Crippen MR) is 75.2 cm³/mol. The fourth-order valence-corrected chi connectivity index (χ4v) is 4.31. The van der Waals surface area contributed by atoms with Crippen molar-refractivity contribution in [3.63, 3.8) is 0 Å². The quantitative estimate of drug-likeness (QED) is 0.852. The van der Waals surface area contributed by atoms with Gasteiger partial charge in [-0.2, -0.15) is 13.2 Å². The van der Waals surface area contributed by atoms with Crippen LogP contribution in [0.4, 0.5) is 13.2 Å². The minimum Gasteiger partial charge on any atom is -0.335 e. The second-order valence-corrected chi connectivity index (χ2v) is 7.46. The molecule has 0 N–H and O–H groups in total. The molecule has 1 amide bonds. The van der Waals surface area contributed by atoms with Gasteiger partial charge in [0.15, 0.2) is 9.84 Å². The van der Waals surface area contributed by atoms with E-state index in [0.717, 1.165) is 12.1 Å². The molecule has 1 aromatic carbocycles. The van der Waals surface area contributed by atoms with E-state index < -0.39 is 33.5 Å². The molecule has 4 nitrogen and oxygen atoms in total. The van der Waals surface area contributed by atoms with Crippen molar-refractivity contribution in [3.05, 3.63) is 35.4 Å². The molecule has 1 saturated heterocycles. The summed E-state index contributed by atoms with van der Waals surface area (Å²) in [6.07, 6.45) is -4.20. The first kappa shape index (κ1) is 16.8. The van der Waals surface area contributed by atoms with Gasteiger partial charge in [0.05, 0.1) is 17.1 Å². The van der Waals surface area contributed by atoms with Gasteiger partial charge in [0.2, 0.25) is 0 Å². The number of sulfone groups is 1. The average Bonchev–Trinajstić information content (AvgIpc) is 2.79. The number of alkyl halides is 3. The molecule has 22 heavy (non-hydrogen) atoms. The number of nitrogens with zero attached hydrogens (tertiary/aromatic N) is 1. The first-order chi connectivity index (χ1) is 10.1. The average molecular weight is 335 g/mol. The molecular weight excluding hydrogens is 319 g/mol. The van der Waals surface area contributed by atoms with Gasteiger partial charge >= 0.3 is 6.18 Å². The van der Waals surface area contributed by atoms with Crippen molar-refractivity contribution >= 4 is 15.7 Å². The monoisotopic (exact) mass is 335 g/mol. The minimum absolute atomic E-state index is 0.00401. The van der Waals surface area contributed by atoms with Gasteiger partial charge in [-0.1, -0.05) is 6.07 Å². The Morgan fingerprint density at radius 2 is 2.05 bits per heavy atom. The van der Waals surface area contributed by atoms with Gasteiger partial charge in [0.25, 0.3) is 5.91 Å². The molecule has 1 aliphatic rings. The van der Waals surface area contributed by atoms with Crippen molar-refractivity contribution in [3.8, 4) is 0 Å². The number of rotatable bonds is 3. The van der Waals surface area contributed by atoms with Crippen molar-refractivity contribution in [2.45, 2.75) is 25.6 Å². The maximum atomic E-state index is 12.7. The molecule has 1 atom stereocenters. The maximum Gasteiger partial charge on any atom is 0.416 e. The number of hydrogen-bond donors (Lipinski definition) is 0. The summed E-state index contributed by atoms with van der Waals surface area (Å²) in [4.78, 5) is 13.8. The molecule has 1 aliphatic heterocycles. The lowest BCUT2D eigenvalue weighted by molar-refractivity contribution is -0.137. The van der Waals surface area contributed by atoms with Crippen LogP contribution >= 0.6 is 0 Å². The first-order valence-corrected chi connectivity index (χ1v) is 8.65. The standard InChI is InChI=1S/C14H16F3NO3S/c1-2-18(12-6-7-22(20,21)9-12)13(19)10-4-3-5-11(8-10)14(15,16)17/h3-5,8,12H,2,6-7,9H2,1H3. The Morgan fingerprint density at radius 3 is 2.55 bits per heavy atom. The number of hydrogen-bond acceptors (Lipinski definition) is 3. The fourth-order valence-electron chi connectivity index (χ4n) is 2.58. The number of carbonyl (C=O) groups is 1. The third-order valence-corrected chi connectivity index (χ3v) is 5.44. The zero-order chi connectivity index (χ0) is 16.5. The van der Waals surface area contributed by atoms with Crippen LogP contribution < -0.4 is 0 Å². The number of halogens is 3. The summed E-state index contributed by atoms with van der Waals surface area (Å²) in [6, 6.07) is 3.71. The predicted octanol–water partition coefficient (Wildman–Crippen LogP) is 2.35. The normalized spacial score (nSPS) is 20.8. The van der Waals surface area contributed by atoms with Gasteiger partial charge in [0.1, 0.15) is 0 Å². The van der Waals surface area contributed by atoms with E-state index in [0.29, 0.717) is 6.42 Å². The lowest BCUT2D eigenvalue weighted by atomic mass is 10.1. The van der Waals surface area contributed by atoms with Gasteiger partial charge in [-0.05, 0) is 31.5 Å². The summed E-state index contributed by atoms with van der Waals surface area (Å²) >= 11 is 0. The van der Waals surface area contributed by atoms with Gasteiger partial charge in [-0.3, -0.25) is 4.79 Å². The zero-order valence-corrected chi connectivity index (χ0v) is 12.7. The van der Waals surface area contributed by atoms with Crippen molar-refractivity contribution in [2.24, 2.45) is 0 Å². The lowest BCUT2D eigenvalue weighted by Crippen LogP contribution is -2.41. The summed E-state index contributed by atoms with van der Waals surface area (Å²) in [5.74, 6) is -0.703. The second kappa shape index (κ2) is 5.91. The van der Waals surface area contributed by atoms with E-state index in [1.165, 1.54) is 17.0 Å². The smallest absolute Gasteiger partial charge is 0.335 e. The Balaban J connectivity index is 2.26. The number of carbonyl (C=O) groups excluding carboxylic acids is 1. The van der Waals surface area contributed by atoms with E-state index in [1.807, 2.05) is 0 Å². The van der Waals surface area contributed by atoms with Crippen molar-refractivity contribution < 1.29 is 26.4 Å². The molecule has 0 aromatic heterocycles. The number of amides is 1. The molecule has 0 spiro atoms. The zero-order valence-electron chi connectivity index (χ0n) is 11.9. The molecule has 8 heteroatoms. The van der Waals surface area contributed by atoms with Gasteiger partial charge in [-0.15, -0.1) is 0 Å². The maximum absolute atomic E-state index is 12.7. The topological polar surface area (TPSA) is 54.5 Å². The Kier molecular flexibility index (Phi) is 4.51. The van der Waals surface area contributed by atoms with Gasteiger partial charge in [-0.25, -0.2) is 8.42 Å².